The van der Waals surface area contributed by atoms with Crippen LogP contribution in [0.1, 0.15) is 26.4 Å². The number of pyridine rings is 1. The molecule has 2 amide bonds. The van der Waals surface area contributed by atoms with Gasteiger partial charge in [0.1, 0.15) is 11.6 Å². The Kier molecular flexibility index (Phi) is 5.61. The molecule has 0 radical (unpaired) electrons. The predicted molar refractivity (Wildman–Crippen MR) is 124 cm³/mol. The third-order valence-corrected chi connectivity index (χ3v) is 5.20. The van der Waals surface area contributed by atoms with Crippen molar-refractivity contribution in [3.63, 3.8) is 0 Å². The molecule has 4 rings (SSSR count). The van der Waals surface area contributed by atoms with Gasteiger partial charge in [-0.1, -0.05) is 41.9 Å². The molecule has 8 nitrogen and oxygen atoms in total. The van der Waals surface area contributed by atoms with Crippen LogP contribution >= 0.6 is 11.6 Å². The Morgan fingerprint density at radius 1 is 1.03 bits per heavy atom. The Morgan fingerprint density at radius 2 is 1.78 bits per heavy atom. The fourth-order valence-corrected chi connectivity index (χ4v) is 3.48. The molecule has 32 heavy (non-hydrogen) atoms. The van der Waals surface area contributed by atoms with Crippen molar-refractivity contribution < 1.29 is 9.59 Å². The fraction of sp³-hybridized carbons (Fsp3) is 0.0435. The molecular weight excluding hydrogens is 428 g/mol. The lowest BCUT2D eigenvalue weighted by atomic mass is 10.1. The first-order valence-electron chi connectivity index (χ1n) is 9.64. The zero-order chi connectivity index (χ0) is 22.8. The molecule has 2 aromatic heterocycles. The van der Waals surface area contributed by atoms with Crippen LogP contribution < -0.4 is 16.8 Å². The van der Waals surface area contributed by atoms with E-state index in [0.717, 1.165) is 0 Å². The van der Waals surface area contributed by atoms with Crippen LogP contribution in [0.25, 0.3) is 16.9 Å². The number of nitrogens with one attached hydrogen (secondary N) is 1. The van der Waals surface area contributed by atoms with Gasteiger partial charge >= 0.3 is 0 Å². The lowest BCUT2D eigenvalue weighted by molar-refractivity contribution is 0.0992. The third-order valence-electron chi connectivity index (χ3n) is 4.87. The topological polar surface area (TPSA) is 129 Å². The SMILES string of the molecule is Cc1c(C(N)=O)nn(-c2ccccc2)c1NC(=O)c1cc(-c2cccc(N)n2)ccc1Cl. The second kappa shape index (κ2) is 8.52. The molecule has 2 aromatic carbocycles. The normalized spacial score (nSPS) is 10.7. The summed E-state index contributed by atoms with van der Waals surface area (Å²) < 4.78 is 1.46. The van der Waals surface area contributed by atoms with Crippen molar-refractivity contribution >= 4 is 35.1 Å². The summed E-state index contributed by atoms with van der Waals surface area (Å²) in [5.41, 5.74) is 13.9. The number of benzene rings is 2. The van der Waals surface area contributed by atoms with Crippen LogP contribution in [0.2, 0.25) is 5.02 Å². The van der Waals surface area contributed by atoms with Gasteiger partial charge in [0.25, 0.3) is 11.8 Å². The van der Waals surface area contributed by atoms with Crippen molar-refractivity contribution in [1.82, 2.24) is 14.8 Å². The Labute approximate surface area is 188 Å². The standard InChI is InChI=1S/C23H19ClN6O2/c1-13-20(21(26)31)29-30(15-6-3-2-4-7-15)22(13)28-23(32)16-12-14(10-11-17(16)24)18-8-5-9-19(25)27-18/h2-12H,1H3,(H2,25,27)(H2,26,31)(H,28,32). The maximum absolute atomic E-state index is 13.2. The first-order valence-corrected chi connectivity index (χ1v) is 10.0. The molecule has 0 aliphatic rings. The second-order valence-corrected chi connectivity index (χ2v) is 7.44. The summed E-state index contributed by atoms with van der Waals surface area (Å²) in [6.07, 6.45) is 0. The molecule has 0 bridgehead atoms. The van der Waals surface area contributed by atoms with Crippen molar-refractivity contribution in [2.45, 2.75) is 6.92 Å². The van der Waals surface area contributed by atoms with Gasteiger partial charge < -0.3 is 16.8 Å². The Bertz CT molecular complexity index is 1330. The number of nitrogens with two attached hydrogens (primary N) is 2. The number of amides is 2. The number of nitrogen functional groups attached to an aromatic ring is 1. The highest BCUT2D eigenvalue weighted by Gasteiger charge is 2.22. The zero-order valence-electron chi connectivity index (χ0n) is 17.0. The number of hydrogen-bond acceptors (Lipinski definition) is 5. The van der Waals surface area contributed by atoms with Crippen molar-refractivity contribution in [3.8, 4) is 16.9 Å². The summed E-state index contributed by atoms with van der Waals surface area (Å²) in [5, 5.41) is 7.38. The van der Waals surface area contributed by atoms with E-state index < -0.39 is 11.8 Å². The van der Waals surface area contributed by atoms with Gasteiger partial charge in [0, 0.05) is 11.1 Å². The molecule has 0 unspecified atom stereocenters. The van der Waals surface area contributed by atoms with Crippen LogP contribution in [0.5, 0.6) is 0 Å². The molecule has 0 aliphatic heterocycles. The highest BCUT2D eigenvalue weighted by molar-refractivity contribution is 6.34. The van der Waals surface area contributed by atoms with Gasteiger partial charge in [0.15, 0.2) is 5.69 Å². The summed E-state index contributed by atoms with van der Waals surface area (Å²) in [6.45, 7) is 1.66. The molecule has 0 atom stereocenters. The average molecular weight is 447 g/mol. The molecule has 2 heterocycles. The lowest BCUT2D eigenvalue weighted by Gasteiger charge is -2.12. The number of rotatable bonds is 5. The van der Waals surface area contributed by atoms with E-state index >= 15 is 0 Å². The van der Waals surface area contributed by atoms with Crippen molar-refractivity contribution in [1.29, 1.82) is 0 Å². The van der Waals surface area contributed by atoms with Crippen LogP contribution in [0.15, 0.2) is 66.7 Å². The second-order valence-electron chi connectivity index (χ2n) is 7.03. The minimum absolute atomic E-state index is 0.0629. The van der Waals surface area contributed by atoms with Gasteiger partial charge in [-0.3, -0.25) is 9.59 Å². The average Bonchev–Trinajstić information content (AvgIpc) is 3.11. The molecular formula is C23H19ClN6O2. The quantitative estimate of drug-likeness (QED) is 0.429. The molecule has 0 saturated carbocycles. The van der Waals surface area contributed by atoms with E-state index in [1.807, 2.05) is 18.2 Å². The number of halogens is 1. The number of carbonyl (C=O) groups is 2. The smallest absolute Gasteiger partial charge is 0.269 e. The zero-order valence-corrected chi connectivity index (χ0v) is 17.8. The maximum atomic E-state index is 13.2. The molecule has 0 spiro atoms. The summed E-state index contributed by atoms with van der Waals surface area (Å²) in [6, 6.07) is 19.3. The van der Waals surface area contributed by atoms with E-state index in [4.69, 9.17) is 23.1 Å². The number of para-hydroxylation sites is 1. The van der Waals surface area contributed by atoms with E-state index in [9.17, 15) is 9.59 Å². The number of nitrogens with zero attached hydrogens (tertiary/aromatic N) is 3. The first kappa shape index (κ1) is 21.1. The number of primary amides is 1. The highest BCUT2D eigenvalue weighted by Crippen LogP contribution is 2.28. The van der Waals surface area contributed by atoms with E-state index in [1.165, 1.54) is 4.68 Å². The van der Waals surface area contributed by atoms with E-state index in [2.05, 4.69) is 15.4 Å². The predicted octanol–water partition coefficient (Wildman–Crippen LogP) is 3.83. The van der Waals surface area contributed by atoms with Crippen LogP contribution in [0.4, 0.5) is 11.6 Å². The number of carbonyl (C=O) groups excluding carboxylic acids is 2. The molecule has 9 heteroatoms. The monoisotopic (exact) mass is 446 g/mol. The number of hydrogen-bond donors (Lipinski definition) is 3. The molecule has 4 aromatic rings. The number of anilines is 2. The first-order chi connectivity index (χ1) is 15.3. The lowest BCUT2D eigenvalue weighted by Crippen LogP contribution is -2.16. The van der Waals surface area contributed by atoms with Crippen LogP contribution in [0.3, 0.4) is 0 Å². The van der Waals surface area contributed by atoms with Gasteiger partial charge in [-0.25, -0.2) is 9.67 Å². The van der Waals surface area contributed by atoms with E-state index in [-0.39, 0.29) is 16.3 Å². The highest BCUT2D eigenvalue weighted by atomic mass is 35.5. The molecule has 160 valence electrons. The van der Waals surface area contributed by atoms with Crippen LogP contribution in [0, 0.1) is 6.92 Å². The Balaban J connectivity index is 1.75. The maximum Gasteiger partial charge on any atom is 0.269 e. The van der Waals surface area contributed by atoms with Gasteiger partial charge in [-0.2, -0.15) is 5.10 Å². The van der Waals surface area contributed by atoms with Crippen molar-refractivity contribution in [2.75, 3.05) is 11.1 Å². The van der Waals surface area contributed by atoms with Crippen molar-refractivity contribution in [2.24, 2.45) is 5.73 Å². The van der Waals surface area contributed by atoms with Gasteiger partial charge in [0.05, 0.1) is 22.0 Å². The summed E-state index contributed by atoms with van der Waals surface area (Å²) in [4.78, 5) is 29.3. The minimum Gasteiger partial charge on any atom is -0.384 e. The van der Waals surface area contributed by atoms with E-state index in [0.29, 0.717) is 34.1 Å². The largest absolute Gasteiger partial charge is 0.384 e. The molecule has 5 N–H and O–H groups in total. The fourth-order valence-electron chi connectivity index (χ4n) is 3.28. The Hall–Kier alpha value is -4.17. The number of aromatic nitrogens is 3. The minimum atomic E-state index is -0.694. The van der Waals surface area contributed by atoms with Gasteiger partial charge in [-0.15, -0.1) is 0 Å². The van der Waals surface area contributed by atoms with Gasteiger partial charge in [0.2, 0.25) is 0 Å². The summed E-state index contributed by atoms with van der Waals surface area (Å²) >= 11 is 6.33. The van der Waals surface area contributed by atoms with Crippen molar-refractivity contribution in [3.05, 3.63) is 88.6 Å². The van der Waals surface area contributed by atoms with Crippen LogP contribution in [-0.4, -0.2) is 26.6 Å². The Morgan fingerprint density at radius 3 is 2.47 bits per heavy atom. The van der Waals surface area contributed by atoms with E-state index in [1.54, 1.807) is 55.5 Å². The summed E-state index contributed by atoms with van der Waals surface area (Å²) in [5.74, 6) is -0.485. The molecule has 0 saturated heterocycles. The molecule has 0 fully saturated rings. The van der Waals surface area contributed by atoms with Crippen LogP contribution in [-0.2, 0) is 0 Å². The summed E-state index contributed by atoms with van der Waals surface area (Å²) in [7, 11) is 0. The third kappa shape index (κ3) is 4.03. The molecule has 0 aliphatic carbocycles. The van der Waals surface area contributed by atoms with Gasteiger partial charge in [-0.05, 0) is 43.3 Å².